The second-order valence-corrected chi connectivity index (χ2v) is 7.02. The number of imidazole rings is 1. The lowest BCUT2D eigenvalue weighted by Gasteiger charge is -2.17. The summed E-state index contributed by atoms with van der Waals surface area (Å²) in [6, 6.07) is 10.2. The lowest BCUT2D eigenvalue weighted by molar-refractivity contribution is -0.137. The minimum absolute atomic E-state index is 0.0500. The van der Waals surface area contributed by atoms with Crippen molar-refractivity contribution < 1.29 is 22.8 Å². The van der Waals surface area contributed by atoms with E-state index < -0.39 is 11.7 Å². The van der Waals surface area contributed by atoms with Crippen molar-refractivity contribution >= 4 is 17.6 Å². The summed E-state index contributed by atoms with van der Waals surface area (Å²) in [5.41, 5.74) is 1.96. The van der Waals surface area contributed by atoms with Crippen molar-refractivity contribution in [3.8, 4) is 0 Å². The average molecular weight is 414 g/mol. The van der Waals surface area contributed by atoms with E-state index in [0.717, 1.165) is 23.3 Å². The van der Waals surface area contributed by atoms with Gasteiger partial charge in [0.05, 0.1) is 18.3 Å². The fraction of sp³-hybridized carbons (Fsp3) is 0.190. The second-order valence-electron chi connectivity index (χ2n) is 7.02. The van der Waals surface area contributed by atoms with Gasteiger partial charge in [0, 0.05) is 24.8 Å². The number of rotatable bonds is 4. The van der Waals surface area contributed by atoms with Crippen molar-refractivity contribution in [1.29, 1.82) is 0 Å². The van der Waals surface area contributed by atoms with Gasteiger partial charge in [-0.05, 0) is 41.0 Å². The minimum Gasteiger partial charge on any atom is -0.352 e. The van der Waals surface area contributed by atoms with E-state index in [1.54, 1.807) is 35.0 Å². The summed E-state index contributed by atoms with van der Waals surface area (Å²) in [5.74, 6) is -0.122. The van der Waals surface area contributed by atoms with Crippen LogP contribution in [0.5, 0.6) is 0 Å². The third-order valence-electron chi connectivity index (χ3n) is 4.79. The van der Waals surface area contributed by atoms with E-state index in [2.05, 4.69) is 15.6 Å². The van der Waals surface area contributed by atoms with E-state index >= 15 is 0 Å². The summed E-state index contributed by atoms with van der Waals surface area (Å²) in [4.78, 5) is 28.0. The first-order chi connectivity index (χ1) is 14.3. The molecule has 6 nitrogen and oxygen atoms in total. The summed E-state index contributed by atoms with van der Waals surface area (Å²) in [7, 11) is 0. The van der Waals surface area contributed by atoms with Gasteiger partial charge in [-0.3, -0.25) is 9.59 Å². The van der Waals surface area contributed by atoms with E-state index in [-0.39, 0.29) is 30.6 Å². The molecule has 2 heterocycles. The molecule has 1 aliphatic heterocycles. The van der Waals surface area contributed by atoms with Gasteiger partial charge in [-0.1, -0.05) is 18.2 Å². The zero-order valence-corrected chi connectivity index (χ0v) is 15.7. The number of nitrogens with one attached hydrogen (secondary N) is 2. The Kier molecular flexibility index (Phi) is 5.03. The molecule has 0 bridgehead atoms. The second kappa shape index (κ2) is 7.66. The van der Waals surface area contributed by atoms with Crippen LogP contribution in [-0.4, -0.2) is 21.4 Å². The molecule has 3 aromatic rings. The van der Waals surface area contributed by atoms with Gasteiger partial charge in [0.2, 0.25) is 5.91 Å². The highest BCUT2D eigenvalue weighted by Crippen LogP contribution is 2.29. The highest BCUT2D eigenvalue weighted by atomic mass is 19.4. The summed E-state index contributed by atoms with van der Waals surface area (Å²) >= 11 is 0. The van der Waals surface area contributed by atoms with Crippen LogP contribution in [0.1, 0.15) is 32.6 Å². The maximum absolute atomic E-state index is 12.9. The topological polar surface area (TPSA) is 76.0 Å². The zero-order chi connectivity index (χ0) is 21.3. The normalized spacial score (nSPS) is 13.5. The van der Waals surface area contributed by atoms with E-state index in [0.29, 0.717) is 17.7 Å². The molecular weight excluding hydrogens is 397 g/mol. The molecule has 4 rings (SSSR count). The summed E-state index contributed by atoms with van der Waals surface area (Å²) in [6.07, 6.45) is -1.12. The molecule has 2 aromatic carbocycles. The van der Waals surface area contributed by atoms with Crippen molar-refractivity contribution in [3.63, 3.8) is 0 Å². The molecule has 0 unspecified atom stereocenters. The largest absolute Gasteiger partial charge is 0.416 e. The number of hydrogen-bond acceptors (Lipinski definition) is 3. The molecule has 2 N–H and O–H groups in total. The molecule has 1 aliphatic rings. The molecular formula is C21H17F3N4O2. The molecule has 0 aliphatic carbocycles. The molecule has 0 fully saturated rings. The summed E-state index contributed by atoms with van der Waals surface area (Å²) in [5, 5.41) is 5.41. The number of aromatic nitrogens is 2. The predicted molar refractivity (Wildman–Crippen MR) is 103 cm³/mol. The number of nitrogens with zero attached hydrogens (tertiary/aromatic N) is 2. The number of alkyl halides is 3. The first-order valence-corrected chi connectivity index (χ1v) is 9.16. The number of halogens is 3. The fourth-order valence-corrected chi connectivity index (χ4v) is 3.29. The Morgan fingerprint density at radius 1 is 1.17 bits per heavy atom. The Bertz CT molecular complexity index is 1120. The Balaban J connectivity index is 1.44. The summed E-state index contributed by atoms with van der Waals surface area (Å²) < 4.78 is 40.1. The number of carbonyl (C=O) groups excluding carboxylic acids is 2. The van der Waals surface area contributed by atoms with Crippen LogP contribution in [0.4, 0.5) is 19.0 Å². The first kappa shape index (κ1) is 19.7. The average Bonchev–Trinajstić information content (AvgIpc) is 3.13. The molecule has 154 valence electrons. The van der Waals surface area contributed by atoms with Gasteiger partial charge in [0.15, 0.2) is 5.82 Å². The van der Waals surface area contributed by atoms with Gasteiger partial charge in [0.1, 0.15) is 0 Å². The van der Waals surface area contributed by atoms with E-state index in [1.807, 2.05) is 0 Å². The lowest BCUT2D eigenvalue weighted by Crippen LogP contribution is -2.30. The number of fused-ring (bicyclic) bond motifs is 1. The van der Waals surface area contributed by atoms with Crippen LogP contribution in [0.15, 0.2) is 55.0 Å². The van der Waals surface area contributed by atoms with Crippen LogP contribution in [0.2, 0.25) is 0 Å². The third kappa shape index (κ3) is 4.35. The highest BCUT2D eigenvalue weighted by Gasteiger charge is 2.30. The van der Waals surface area contributed by atoms with Crippen LogP contribution in [0.3, 0.4) is 0 Å². The molecule has 0 radical (unpaired) electrons. The number of carbonyl (C=O) groups is 2. The molecule has 0 atom stereocenters. The maximum atomic E-state index is 12.9. The summed E-state index contributed by atoms with van der Waals surface area (Å²) in [6.45, 7) is 0.562. The number of amides is 2. The SMILES string of the molecule is O=C1Cc2ccc(C(=O)Nc3cn(Cc4cccc(C(F)(F)F)c4)cn3)cc2CN1. The van der Waals surface area contributed by atoms with Crippen LogP contribution in [0, 0.1) is 0 Å². The molecule has 0 spiro atoms. The highest BCUT2D eigenvalue weighted by molar-refractivity contribution is 6.04. The molecule has 2 amide bonds. The molecule has 0 saturated heterocycles. The van der Waals surface area contributed by atoms with Crippen molar-refractivity contribution in [3.05, 3.63) is 82.8 Å². The standard InChI is InChI=1S/C21H17F3N4O2/c22-21(23,24)17-3-1-2-13(6-17)10-28-11-18(26-12-28)27-20(30)15-5-4-14-8-19(29)25-9-16(14)7-15/h1-7,11-12H,8-10H2,(H,25,29)(H,27,30). The Hall–Kier alpha value is -3.62. The van der Waals surface area contributed by atoms with Gasteiger partial charge in [0.25, 0.3) is 5.91 Å². The van der Waals surface area contributed by atoms with Crippen molar-refractivity contribution in [1.82, 2.24) is 14.9 Å². The number of benzene rings is 2. The lowest BCUT2D eigenvalue weighted by atomic mass is 9.98. The van der Waals surface area contributed by atoms with Gasteiger partial charge in [-0.25, -0.2) is 4.98 Å². The smallest absolute Gasteiger partial charge is 0.352 e. The third-order valence-corrected chi connectivity index (χ3v) is 4.79. The van der Waals surface area contributed by atoms with Crippen LogP contribution in [0.25, 0.3) is 0 Å². The predicted octanol–water partition coefficient (Wildman–Crippen LogP) is 3.37. The molecule has 30 heavy (non-hydrogen) atoms. The number of anilines is 1. The quantitative estimate of drug-likeness (QED) is 0.687. The van der Waals surface area contributed by atoms with Crippen molar-refractivity contribution in [2.75, 3.05) is 5.32 Å². The fourth-order valence-electron chi connectivity index (χ4n) is 3.29. The minimum atomic E-state index is -4.40. The monoisotopic (exact) mass is 414 g/mol. The van der Waals surface area contributed by atoms with Gasteiger partial charge in [-0.15, -0.1) is 0 Å². The van der Waals surface area contributed by atoms with E-state index in [4.69, 9.17) is 0 Å². The van der Waals surface area contributed by atoms with Crippen LogP contribution in [-0.2, 0) is 30.5 Å². The molecule has 9 heteroatoms. The van der Waals surface area contributed by atoms with Crippen molar-refractivity contribution in [2.24, 2.45) is 0 Å². The maximum Gasteiger partial charge on any atom is 0.416 e. The van der Waals surface area contributed by atoms with Gasteiger partial charge in [-0.2, -0.15) is 13.2 Å². The van der Waals surface area contributed by atoms with Crippen molar-refractivity contribution in [2.45, 2.75) is 25.7 Å². The Labute approximate surface area is 169 Å². The van der Waals surface area contributed by atoms with Gasteiger partial charge < -0.3 is 15.2 Å². The molecule has 1 aromatic heterocycles. The van der Waals surface area contributed by atoms with E-state index in [9.17, 15) is 22.8 Å². The van der Waals surface area contributed by atoms with Gasteiger partial charge >= 0.3 is 6.18 Å². The first-order valence-electron chi connectivity index (χ1n) is 9.16. The van der Waals surface area contributed by atoms with Crippen LogP contribution < -0.4 is 10.6 Å². The van der Waals surface area contributed by atoms with E-state index in [1.165, 1.54) is 12.4 Å². The Morgan fingerprint density at radius 3 is 2.80 bits per heavy atom. The zero-order valence-electron chi connectivity index (χ0n) is 15.7. The number of hydrogen-bond donors (Lipinski definition) is 2. The molecule has 0 saturated carbocycles. The van der Waals surface area contributed by atoms with Crippen LogP contribution >= 0.6 is 0 Å². The Morgan fingerprint density at radius 2 is 2.00 bits per heavy atom.